The van der Waals surface area contributed by atoms with E-state index < -0.39 is 0 Å². The molecule has 2 heteroatoms. The van der Waals surface area contributed by atoms with Crippen molar-refractivity contribution >= 4 is 0 Å². The Morgan fingerprint density at radius 1 is 1.38 bits per heavy atom. The lowest BCUT2D eigenvalue weighted by molar-refractivity contribution is 0.0853. The van der Waals surface area contributed by atoms with Gasteiger partial charge in [-0.05, 0) is 26.2 Å². The molecule has 1 saturated carbocycles. The molecule has 0 amide bonds. The third-order valence-electron chi connectivity index (χ3n) is 2.95. The Bertz CT molecular complexity index is 138. The Kier molecular flexibility index (Phi) is 4.74. The first-order chi connectivity index (χ1) is 6.24. The van der Waals surface area contributed by atoms with Gasteiger partial charge < -0.3 is 10.4 Å². The highest BCUT2D eigenvalue weighted by atomic mass is 16.3. The van der Waals surface area contributed by atoms with Crippen LogP contribution in [0.5, 0.6) is 0 Å². The van der Waals surface area contributed by atoms with Crippen molar-refractivity contribution in [2.24, 2.45) is 0 Å². The lowest BCUT2D eigenvalue weighted by atomic mass is 9.92. The minimum atomic E-state index is -0.104. The van der Waals surface area contributed by atoms with Crippen molar-refractivity contribution in [3.05, 3.63) is 0 Å². The van der Waals surface area contributed by atoms with Gasteiger partial charge in [-0.25, -0.2) is 0 Å². The molecule has 1 rings (SSSR count). The van der Waals surface area contributed by atoms with Crippen molar-refractivity contribution in [3.8, 4) is 0 Å². The van der Waals surface area contributed by atoms with E-state index in [-0.39, 0.29) is 6.10 Å². The molecular formula is C11H23NO. The van der Waals surface area contributed by atoms with Gasteiger partial charge in [0.2, 0.25) is 0 Å². The number of hydrogen-bond donors (Lipinski definition) is 2. The monoisotopic (exact) mass is 185 g/mol. The predicted molar refractivity (Wildman–Crippen MR) is 55.8 cm³/mol. The lowest BCUT2D eigenvalue weighted by Crippen LogP contribution is -2.46. The molecule has 1 aliphatic rings. The molecule has 2 nitrogen and oxygen atoms in total. The fourth-order valence-electron chi connectivity index (χ4n) is 2.19. The maximum atomic E-state index is 9.72. The van der Waals surface area contributed by atoms with Crippen LogP contribution in [0.15, 0.2) is 0 Å². The zero-order valence-corrected chi connectivity index (χ0v) is 8.92. The second kappa shape index (κ2) is 5.61. The number of aliphatic hydroxyl groups is 1. The fraction of sp³-hybridized carbons (Fsp3) is 1.00. The van der Waals surface area contributed by atoms with E-state index in [0.717, 1.165) is 12.8 Å². The zero-order chi connectivity index (χ0) is 9.68. The van der Waals surface area contributed by atoms with Crippen LogP contribution in [0.25, 0.3) is 0 Å². The smallest absolute Gasteiger partial charge is 0.0693 e. The molecule has 0 spiro atoms. The molecule has 0 aromatic rings. The molecule has 0 saturated heterocycles. The van der Waals surface area contributed by atoms with Crippen LogP contribution in [0.4, 0.5) is 0 Å². The van der Waals surface area contributed by atoms with Gasteiger partial charge in [0.05, 0.1) is 6.10 Å². The molecule has 0 radical (unpaired) electrons. The average Bonchev–Trinajstić information content (AvgIpc) is 2.09. The van der Waals surface area contributed by atoms with Crippen molar-refractivity contribution in [3.63, 3.8) is 0 Å². The summed E-state index contributed by atoms with van der Waals surface area (Å²) in [6.45, 7) is 4.42. The van der Waals surface area contributed by atoms with Crippen molar-refractivity contribution in [1.82, 2.24) is 5.32 Å². The van der Waals surface area contributed by atoms with E-state index in [1.165, 1.54) is 25.7 Å². The first-order valence-electron chi connectivity index (χ1n) is 5.68. The number of rotatable bonds is 4. The van der Waals surface area contributed by atoms with E-state index in [1.54, 1.807) is 0 Å². The van der Waals surface area contributed by atoms with Crippen molar-refractivity contribution in [2.45, 2.75) is 70.6 Å². The quantitative estimate of drug-likeness (QED) is 0.702. The minimum Gasteiger partial charge on any atom is -0.392 e. The topological polar surface area (TPSA) is 32.3 Å². The van der Waals surface area contributed by atoms with Crippen LogP contribution in [0.3, 0.4) is 0 Å². The normalized spacial score (nSPS) is 31.6. The lowest BCUT2D eigenvalue weighted by Gasteiger charge is -2.31. The van der Waals surface area contributed by atoms with Crippen LogP contribution in [-0.4, -0.2) is 23.3 Å². The summed E-state index contributed by atoms with van der Waals surface area (Å²) in [5.41, 5.74) is 0. The van der Waals surface area contributed by atoms with Crippen molar-refractivity contribution in [1.29, 1.82) is 0 Å². The van der Waals surface area contributed by atoms with Crippen LogP contribution >= 0.6 is 0 Å². The van der Waals surface area contributed by atoms with Gasteiger partial charge in [0.15, 0.2) is 0 Å². The maximum absolute atomic E-state index is 9.72. The van der Waals surface area contributed by atoms with Gasteiger partial charge in [0.1, 0.15) is 0 Å². The summed E-state index contributed by atoms with van der Waals surface area (Å²) in [5, 5.41) is 13.2. The SMILES string of the molecule is CCC[C@H](C)N[C@H]1CCCC[C@H]1O. The summed E-state index contributed by atoms with van der Waals surface area (Å²) >= 11 is 0. The minimum absolute atomic E-state index is 0.104. The van der Waals surface area contributed by atoms with Crippen LogP contribution in [-0.2, 0) is 0 Å². The van der Waals surface area contributed by atoms with E-state index in [4.69, 9.17) is 0 Å². The Morgan fingerprint density at radius 2 is 2.08 bits per heavy atom. The highest BCUT2D eigenvalue weighted by Gasteiger charge is 2.23. The summed E-state index contributed by atoms with van der Waals surface area (Å²) < 4.78 is 0. The summed E-state index contributed by atoms with van der Waals surface area (Å²) in [5.74, 6) is 0. The Morgan fingerprint density at radius 3 is 2.69 bits per heavy atom. The molecular weight excluding hydrogens is 162 g/mol. The number of aliphatic hydroxyl groups excluding tert-OH is 1. The molecule has 1 aliphatic carbocycles. The van der Waals surface area contributed by atoms with E-state index in [1.807, 2.05) is 0 Å². The van der Waals surface area contributed by atoms with E-state index >= 15 is 0 Å². The maximum Gasteiger partial charge on any atom is 0.0693 e. The van der Waals surface area contributed by atoms with E-state index in [2.05, 4.69) is 19.2 Å². The third-order valence-corrected chi connectivity index (χ3v) is 2.95. The summed E-state index contributed by atoms with van der Waals surface area (Å²) in [4.78, 5) is 0. The van der Waals surface area contributed by atoms with Crippen LogP contribution in [0, 0.1) is 0 Å². The first-order valence-corrected chi connectivity index (χ1v) is 5.68. The van der Waals surface area contributed by atoms with Crippen molar-refractivity contribution < 1.29 is 5.11 Å². The molecule has 0 aliphatic heterocycles. The van der Waals surface area contributed by atoms with E-state index in [9.17, 15) is 5.11 Å². The molecule has 0 aromatic heterocycles. The van der Waals surface area contributed by atoms with Gasteiger partial charge in [0.25, 0.3) is 0 Å². The molecule has 78 valence electrons. The van der Waals surface area contributed by atoms with Gasteiger partial charge in [-0.3, -0.25) is 0 Å². The molecule has 1 fully saturated rings. The van der Waals surface area contributed by atoms with Crippen LogP contribution < -0.4 is 5.32 Å². The molecule has 3 atom stereocenters. The van der Waals surface area contributed by atoms with Gasteiger partial charge in [-0.2, -0.15) is 0 Å². The molecule has 0 unspecified atom stereocenters. The Labute approximate surface area is 81.7 Å². The standard InChI is InChI=1S/C11H23NO/c1-3-6-9(2)12-10-7-4-5-8-11(10)13/h9-13H,3-8H2,1-2H3/t9-,10-,11+/m0/s1. The Hall–Kier alpha value is -0.0800. The summed E-state index contributed by atoms with van der Waals surface area (Å²) in [6.07, 6.45) is 6.93. The number of hydrogen-bond acceptors (Lipinski definition) is 2. The average molecular weight is 185 g/mol. The van der Waals surface area contributed by atoms with Gasteiger partial charge in [0, 0.05) is 12.1 Å². The summed E-state index contributed by atoms with van der Waals surface area (Å²) in [7, 11) is 0. The predicted octanol–water partition coefficient (Wildman–Crippen LogP) is 2.07. The molecule has 0 heterocycles. The largest absolute Gasteiger partial charge is 0.392 e. The second-order valence-electron chi connectivity index (χ2n) is 4.31. The molecule has 13 heavy (non-hydrogen) atoms. The van der Waals surface area contributed by atoms with Gasteiger partial charge in [-0.15, -0.1) is 0 Å². The van der Waals surface area contributed by atoms with E-state index in [0.29, 0.717) is 12.1 Å². The molecule has 0 bridgehead atoms. The number of nitrogens with one attached hydrogen (secondary N) is 1. The summed E-state index contributed by atoms with van der Waals surface area (Å²) in [6, 6.07) is 0.915. The fourth-order valence-corrected chi connectivity index (χ4v) is 2.19. The zero-order valence-electron chi connectivity index (χ0n) is 8.92. The van der Waals surface area contributed by atoms with Gasteiger partial charge in [-0.1, -0.05) is 26.2 Å². The van der Waals surface area contributed by atoms with Crippen molar-refractivity contribution in [2.75, 3.05) is 0 Å². The van der Waals surface area contributed by atoms with Crippen LogP contribution in [0.1, 0.15) is 52.4 Å². The van der Waals surface area contributed by atoms with Crippen LogP contribution in [0.2, 0.25) is 0 Å². The molecule has 2 N–H and O–H groups in total. The Balaban J connectivity index is 2.25. The highest BCUT2D eigenvalue weighted by Crippen LogP contribution is 2.19. The third kappa shape index (κ3) is 3.65. The first kappa shape index (κ1) is 11.0. The highest BCUT2D eigenvalue weighted by molar-refractivity contribution is 4.82. The second-order valence-corrected chi connectivity index (χ2v) is 4.31. The molecule has 0 aromatic carbocycles. The van der Waals surface area contributed by atoms with Gasteiger partial charge >= 0.3 is 0 Å².